The van der Waals surface area contributed by atoms with Gasteiger partial charge in [-0.05, 0) is 81.6 Å². The van der Waals surface area contributed by atoms with Gasteiger partial charge in [0.25, 0.3) is 5.91 Å². The van der Waals surface area contributed by atoms with Gasteiger partial charge in [-0.3, -0.25) is 9.48 Å². The lowest BCUT2D eigenvalue weighted by molar-refractivity contribution is 0.102. The SMILES string of the molecule is Cn1nc(C2CC3CC(N4CCCC4)CC3C2)c(C(=O)Nc2ccc(F)c(Cl)c2)c1N. The van der Waals surface area contributed by atoms with Crippen molar-refractivity contribution in [2.45, 2.75) is 50.5 Å². The van der Waals surface area contributed by atoms with Crippen molar-refractivity contribution in [3.05, 3.63) is 40.3 Å². The fourth-order valence-corrected chi connectivity index (χ4v) is 6.24. The van der Waals surface area contributed by atoms with Crippen LogP contribution in [0.4, 0.5) is 15.9 Å². The number of carbonyl (C=O) groups excluding carboxylic acids is 1. The second-order valence-electron chi connectivity index (χ2n) is 9.41. The van der Waals surface area contributed by atoms with Crippen LogP contribution in [0.25, 0.3) is 0 Å². The smallest absolute Gasteiger partial charge is 0.261 e. The van der Waals surface area contributed by atoms with Gasteiger partial charge in [0.15, 0.2) is 0 Å². The van der Waals surface area contributed by atoms with E-state index in [0.717, 1.165) is 24.6 Å². The number of nitrogens with zero attached hydrogens (tertiary/aromatic N) is 3. The largest absolute Gasteiger partial charge is 0.383 e. The number of nitrogens with one attached hydrogen (secondary N) is 1. The highest BCUT2D eigenvalue weighted by molar-refractivity contribution is 6.31. The van der Waals surface area contributed by atoms with Crippen LogP contribution in [-0.4, -0.2) is 39.7 Å². The van der Waals surface area contributed by atoms with E-state index in [9.17, 15) is 9.18 Å². The minimum Gasteiger partial charge on any atom is -0.383 e. The molecule has 2 aromatic rings. The summed E-state index contributed by atoms with van der Waals surface area (Å²) in [6, 6.07) is 4.86. The minimum absolute atomic E-state index is 0.0339. The lowest BCUT2D eigenvalue weighted by atomic mass is 9.95. The second-order valence-corrected chi connectivity index (χ2v) is 9.82. The Labute approximate surface area is 186 Å². The van der Waals surface area contributed by atoms with E-state index in [0.29, 0.717) is 28.9 Å². The molecular weight excluding hydrogens is 417 g/mol. The number of amides is 1. The first-order chi connectivity index (χ1) is 14.9. The molecule has 1 aromatic carbocycles. The number of nitrogens with two attached hydrogens (primary N) is 1. The standard InChI is InChI=1S/C23H29ClFN5O/c1-29-22(26)20(23(31)27-16-4-5-19(25)18(24)12-16)21(28-29)15-8-13-10-17(11-14(13)9-15)30-6-2-3-7-30/h4-5,12-15,17H,2-3,6-11,26H2,1H3,(H,27,31). The molecule has 166 valence electrons. The molecule has 2 heterocycles. The monoisotopic (exact) mass is 445 g/mol. The number of aryl methyl sites for hydroxylation is 1. The number of aromatic nitrogens is 2. The predicted molar refractivity (Wildman–Crippen MR) is 120 cm³/mol. The Morgan fingerprint density at radius 3 is 2.52 bits per heavy atom. The lowest BCUT2D eigenvalue weighted by Crippen LogP contribution is -2.31. The average Bonchev–Trinajstić information content (AvgIpc) is 3.48. The normalized spacial score (nSPS) is 28.2. The fourth-order valence-electron chi connectivity index (χ4n) is 6.06. The summed E-state index contributed by atoms with van der Waals surface area (Å²) in [6.07, 6.45) is 7.32. The van der Waals surface area contributed by atoms with Crippen molar-refractivity contribution in [2.75, 3.05) is 24.1 Å². The number of benzene rings is 1. The summed E-state index contributed by atoms with van der Waals surface area (Å²) >= 11 is 5.86. The highest BCUT2D eigenvalue weighted by Crippen LogP contribution is 2.52. The van der Waals surface area contributed by atoms with E-state index in [1.165, 1.54) is 57.0 Å². The summed E-state index contributed by atoms with van der Waals surface area (Å²) in [6.45, 7) is 2.50. The Morgan fingerprint density at radius 1 is 1.19 bits per heavy atom. The van der Waals surface area contributed by atoms with E-state index in [-0.39, 0.29) is 16.8 Å². The van der Waals surface area contributed by atoms with Gasteiger partial charge in [0.05, 0.1) is 10.7 Å². The first-order valence-corrected chi connectivity index (χ1v) is 11.6. The van der Waals surface area contributed by atoms with Crippen LogP contribution in [0.5, 0.6) is 0 Å². The third kappa shape index (κ3) is 3.82. The van der Waals surface area contributed by atoms with E-state index < -0.39 is 5.82 Å². The maximum Gasteiger partial charge on any atom is 0.261 e. The molecule has 3 aliphatic rings. The molecule has 2 atom stereocenters. The zero-order valence-corrected chi connectivity index (χ0v) is 18.5. The van der Waals surface area contributed by atoms with E-state index in [1.807, 2.05) is 0 Å². The number of fused-ring (bicyclic) bond motifs is 1. The summed E-state index contributed by atoms with van der Waals surface area (Å²) < 4.78 is 15.0. The maximum atomic E-state index is 13.5. The second kappa shape index (κ2) is 8.10. The topological polar surface area (TPSA) is 76.2 Å². The third-order valence-corrected chi connectivity index (χ3v) is 7.85. The molecule has 1 amide bonds. The first-order valence-electron chi connectivity index (χ1n) is 11.2. The van der Waals surface area contributed by atoms with Gasteiger partial charge in [-0.2, -0.15) is 5.10 Å². The van der Waals surface area contributed by atoms with Gasteiger partial charge in [0.2, 0.25) is 0 Å². The summed E-state index contributed by atoms with van der Waals surface area (Å²) in [7, 11) is 1.77. The number of nitrogen functional groups attached to an aromatic ring is 1. The molecule has 1 aromatic heterocycles. The number of anilines is 2. The van der Waals surface area contributed by atoms with Crippen LogP contribution >= 0.6 is 11.6 Å². The zero-order valence-electron chi connectivity index (χ0n) is 17.8. The van der Waals surface area contributed by atoms with Crippen molar-refractivity contribution < 1.29 is 9.18 Å². The number of hydrogen-bond acceptors (Lipinski definition) is 4. The molecule has 2 saturated carbocycles. The number of halogens is 2. The van der Waals surface area contributed by atoms with Crippen molar-refractivity contribution >= 4 is 29.0 Å². The summed E-state index contributed by atoms with van der Waals surface area (Å²) in [5, 5.41) is 7.42. The minimum atomic E-state index is -0.522. The molecule has 5 rings (SSSR count). The quantitative estimate of drug-likeness (QED) is 0.730. The van der Waals surface area contributed by atoms with Gasteiger partial charge in [0, 0.05) is 24.7 Å². The van der Waals surface area contributed by atoms with Crippen LogP contribution < -0.4 is 11.1 Å². The molecule has 3 fully saturated rings. The van der Waals surface area contributed by atoms with E-state index in [2.05, 4.69) is 15.3 Å². The van der Waals surface area contributed by atoms with Gasteiger partial charge in [0.1, 0.15) is 17.2 Å². The Hall–Kier alpha value is -2.12. The molecule has 2 aliphatic carbocycles. The molecule has 6 nitrogen and oxygen atoms in total. The van der Waals surface area contributed by atoms with E-state index in [4.69, 9.17) is 17.3 Å². The van der Waals surface area contributed by atoms with Crippen molar-refractivity contribution in [3.8, 4) is 0 Å². The van der Waals surface area contributed by atoms with Gasteiger partial charge in [-0.25, -0.2) is 4.39 Å². The van der Waals surface area contributed by atoms with Crippen molar-refractivity contribution in [2.24, 2.45) is 18.9 Å². The van der Waals surface area contributed by atoms with Crippen LogP contribution in [-0.2, 0) is 7.05 Å². The van der Waals surface area contributed by atoms with Crippen LogP contribution in [0.15, 0.2) is 18.2 Å². The van der Waals surface area contributed by atoms with Gasteiger partial charge in [-0.1, -0.05) is 11.6 Å². The summed E-state index contributed by atoms with van der Waals surface area (Å²) in [4.78, 5) is 15.8. The van der Waals surface area contributed by atoms with Gasteiger partial charge < -0.3 is 16.0 Å². The van der Waals surface area contributed by atoms with Crippen molar-refractivity contribution in [3.63, 3.8) is 0 Å². The van der Waals surface area contributed by atoms with Gasteiger partial charge >= 0.3 is 0 Å². The Morgan fingerprint density at radius 2 is 1.87 bits per heavy atom. The molecule has 2 unspecified atom stereocenters. The van der Waals surface area contributed by atoms with Crippen molar-refractivity contribution in [1.29, 1.82) is 0 Å². The van der Waals surface area contributed by atoms with Crippen LogP contribution in [0.1, 0.15) is 60.5 Å². The molecular formula is C23H29ClFN5O. The lowest BCUT2D eigenvalue weighted by Gasteiger charge is -2.24. The molecule has 3 N–H and O–H groups in total. The maximum absolute atomic E-state index is 13.5. The number of hydrogen-bond donors (Lipinski definition) is 2. The zero-order chi connectivity index (χ0) is 21.7. The fraction of sp³-hybridized carbons (Fsp3) is 0.565. The average molecular weight is 446 g/mol. The Kier molecular flexibility index (Phi) is 5.42. The van der Waals surface area contributed by atoms with E-state index in [1.54, 1.807) is 11.7 Å². The molecule has 1 saturated heterocycles. The molecule has 0 spiro atoms. The molecule has 8 heteroatoms. The Bertz CT molecular complexity index is 988. The molecule has 31 heavy (non-hydrogen) atoms. The van der Waals surface area contributed by atoms with Crippen molar-refractivity contribution in [1.82, 2.24) is 14.7 Å². The van der Waals surface area contributed by atoms with Crippen LogP contribution in [0, 0.1) is 17.7 Å². The number of rotatable bonds is 4. The first kappa shape index (κ1) is 20.8. The van der Waals surface area contributed by atoms with Crippen LogP contribution in [0.2, 0.25) is 5.02 Å². The highest BCUT2D eigenvalue weighted by atomic mass is 35.5. The Balaban J connectivity index is 1.32. The molecule has 0 bridgehead atoms. The molecule has 1 aliphatic heterocycles. The predicted octanol–water partition coefficient (Wildman–Crippen LogP) is 4.42. The highest BCUT2D eigenvalue weighted by Gasteiger charge is 2.45. The van der Waals surface area contributed by atoms with E-state index >= 15 is 0 Å². The number of likely N-dealkylation sites (tertiary alicyclic amines) is 1. The number of carbonyl (C=O) groups is 1. The summed E-state index contributed by atoms with van der Waals surface area (Å²) in [5.74, 6) is 1.15. The molecule has 0 radical (unpaired) electrons. The third-order valence-electron chi connectivity index (χ3n) is 7.56. The summed E-state index contributed by atoms with van der Waals surface area (Å²) in [5.41, 5.74) is 7.90. The van der Waals surface area contributed by atoms with Gasteiger partial charge in [-0.15, -0.1) is 0 Å². The van der Waals surface area contributed by atoms with Crippen LogP contribution in [0.3, 0.4) is 0 Å².